The van der Waals surface area contributed by atoms with Crippen LogP contribution in [0.2, 0.25) is 5.02 Å². The maximum Gasteiger partial charge on any atom is 0.255 e. The molecular weight excluding hydrogens is 416 g/mol. The van der Waals surface area contributed by atoms with Gasteiger partial charge in [-0.15, -0.1) is 0 Å². The fourth-order valence-corrected chi connectivity index (χ4v) is 3.10. The fourth-order valence-electron chi connectivity index (χ4n) is 2.98. The monoisotopic (exact) mass is 436 g/mol. The van der Waals surface area contributed by atoms with Crippen molar-refractivity contribution in [3.8, 4) is 0 Å². The van der Waals surface area contributed by atoms with Crippen LogP contribution >= 0.6 is 11.6 Å². The number of pyridine rings is 1. The second-order valence-corrected chi connectivity index (χ2v) is 7.84. The van der Waals surface area contributed by atoms with Gasteiger partial charge in [0.1, 0.15) is 11.4 Å². The molecule has 0 unspecified atom stereocenters. The standard InChI is InChI=1S/C22H21ClN6O2/c1-14-24-10-15(11-25-14)20(30)29-22(8-9-22)21(31)27-12-18-6-7-19(13-26-18)28-17-4-2-16(23)3-5-17/h2-7,10-11,13,28H,8-9,12H2,1H3,(H,27,31)(H,29,30). The van der Waals surface area contributed by atoms with Crippen LogP contribution in [-0.2, 0) is 11.3 Å². The number of hydrogen-bond donors (Lipinski definition) is 3. The molecular formula is C22H21ClN6O2. The summed E-state index contributed by atoms with van der Waals surface area (Å²) in [7, 11) is 0. The van der Waals surface area contributed by atoms with E-state index in [1.807, 2.05) is 24.3 Å². The van der Waals surface area contributed by atoms with Crippen LogP contribution in [0.3, 0.4) is 0 Å². The number of aromatic nitrogens is 3. The number of amides is 2. The maximum absolute atomic E-state index is 12.6. The first-order chi connectivity index (χ1) is 14.9. The van der Waals surface area contributed by atoms with E-state index in [0.29, 0.717) is 34.9 Å². The van der Waals surface area contributed by atoms with Crippen LogP contribution in [-0.4, -0.2) is 32.3 Å². The SMILES string of the molecule is Cc1ncc(C(=O)NC2(C(=O)NCc3ccc(Nc4ccc(Cl)cc4)cn3)CC2)cn1. The highest BCUT2D eigenvalue weighted by molar-refractivity contribution is 6.30. The number of anilines is 2. The van der Waals surface area contributed by atoms with Crippen molar-refractivity contribution in [1.29, 1.82) is 0 Å². The summed E-state index contributed by atoms with van der Waals surface area (Å²) < 4.78 is 0. The third kappa shape index (κ3) is 5.16. The summed E-state index contributed by atoms with van der Waals surface area (Å²) in [5.41, 5.74) is 1.89. The van der Waals surface area contributed by atoms with Crippen LogP contribution in [0.25, 0.3) is 0 Å². The van der Waals surface area contributed by atoms with Gasteiger partial charge in [0.2, 0.25) is 5.91 Å². The van der Waals surface area contributed by atoms with E-state index >= 15 is 0 Å². The first kappa shape index (κ1) is 20.7. The Balaban J connectivity index is 1.30. The van der Waals surface area contributed by atoms with Gasteiger partial charge in [-0.25, -0.2) is 9.97 Å². The van der Waals surface area contributed by atoms with E-state index in [1.54, 1.807) is 25.3 Å². The van der Waals surface area contributed by atoms with E-state index in [1.165, 1.54) is 12.4 Å². The zero-order chi connectivity index (χ0) is 21.8. The Labute approximate surface area is 184 Å². The second kappa shape index (κ2) is 8.69. The highest BCUT2D eigenvalue weighted by Crippen LogP contribution is 2.36. The minimum atomic E-state index is -0.877. The van der Waals surface area contributed by atoms with Crippen molar-refractivity contribution in [3.63, 3.8) is 0 Å². The molecule has 2 aromatic heterocycles. The maximum atomic E-state index is 12.6. The number of nitrogens with one attached hydrogen (secondary N) is 3. The van der Waals surface area contributed by atoms with Crippen molar-refractivity contribution in [2.24, 2.45) is 0 Å². The topological polar surface area (TPSA) is 109 Å². The van der Waals surface area contributed by atoms with E-state index in [-0.39, 0.29) is 18.4 Å². The molecule has 0 radical (unpaired) electrons. The molecule has 1 saturated carbocycles. The van der Waals surface area contributed by atoms with Gasteiger partial charge in [-0.05, 0) is 56.2 Å². The van der Waals surface area contributed by atoms with Gasteiger partial charge in [0, 0.05) is 23.1 Å². The minimum absolute atomic E-state index is 0.223. The Hall–Kier alpha value is -3.52. The number of halogens is 1. The van der Waals surface area contributed by atoms with Crippen molar-refractivity contribution in [2.75, 3.05) is 5.32 Å². The quantitative estimate of drug-likeness (QED) is 0.525. The van der Waals surface area contributed by atoms with Gasteiger partial charge < -0.3 is 16.0 Å². The van der Waals surface area contributed by atoms with E-state index in [2.05, 4.69) is 30.9 Å². The largest absolute Gasteiger partial charge is 0.354 e. The molecule has 2 amide bonds. The predicted octanol–water partition coefficient (Wildman–Crippen LogP) is 3.16. The van der Waals surface area contributed by atoms with Crippen molar-refractivity contribution in [1.82, 2.24) is 25.6 Å². The van der Waals surface area contributed by atoms with Crippen LogP contribution in [0, 0.1) is 6.92 Å². The Bertz CT molecular complexity index is 1080. The predicted molar refractivity (Wildman–Crippen MR) is 117 cm³/mol. The van der Waals surface area contributed by atoms with Crippen molar-refractivity contribution in [3.05, 3.63) is 77.1 Å². The Morgan fingerprint density at radius 2 is 1.65 bits per heavy atom. The first-order valence-electron chi connectivity index (χ1n) is 9.80. The minimum Gasteiger partial charge on any atom is -0.354 e. The molecule has 0 saturated heterocycles. The van der Waals surface area contributed by atoms with Gasteiger partial charge in [0.15, 0.2) is 0 Å². The number of carbonyl (C=O) groups is 2. The lowest BCUT2D eigenvalue weighted by molar-refractivity contribution is -0.124. The number of rotatable bonds is 7. The molecule has 8 nitrogen and oxygen atoms in total. The van der Waals surface area contributed by atoms with Gasteiger partial charge in [0.05, 0.1) is 29.7 Å². The molecule has 0 bridgehead atoms. The average molecular weight is 437 g/mol. The molecule has 31 heavy (non-hydrogen) atoms. The molecule has 0 spiro atoms. The summed E-state index contributed by atoms with van der Waals surface area (Å²) in [6.07, 6.45) is 5.79. The van der Waals surface area contributed by atoms with E-state index in [4.69, 9.17) is 11.6 Å². The normalized spacial score (nSPS) is 13.9. The van der Waals surface area contributed by atoms with Crippen molar-refractivity contribution < 1.29 is 9.59 Å². The number of carbonyl (C=O) groups excluding carboxylic acids is 2. The van der Waals surface area contributed by atoms with E-state index < -0.39 is 5.54 Å². The van der Waals surface area contributed by atoms with E-state index in [9.17, 15) is 9.59 Å². The zero-order valence-electron chi connectivity index (χ0n) is 16.9. The van der Waals surface area contributed by atoms with Gasteiger partial charge in [-0.3, -0.25) is 14.6 Å². The third-order valence-corrected chi connectivity index (χ3v) is 5.22. The number of aryl methyl sites for hydroxylation is 1. The smallest absolute Gasteiger partial charge is 0.255 e. The van der Waals surface area contributed by atoms with Crippen LogP contribution in [0.5, 0.6) is 0 Å². The summed E-state index contributed by atoms with van der Waals surface area (Å²) in [6, 6.07) is 11.1. The molecule has 9 heteroatoms. The molecule has 1 fully saturated rings. The second-order valence-electron chi connectivity index (χ2n) is 7.41. The fraction of sp³-hybridized carbons (Fsp3) is 0.227. The molecule has 0 aliphatic heterocycles. The lowest BCUT2D eigenvalue weighted by atomic mass is 10.2. The van der Waals surface area contributed by atoms with Gasteiger partial charge in [0.25, 0.3) is 5.91 Å². The first-order valence-corrected chi connectivity index (χ1v) is 10.2. The molecule has 158 valence electrons. The number of benzene rings is 1. The van der Waals surface area contributed by atoms with Crippen LogP contribution in [0.15, 0.2) is 55.0 Å². The Morgan fingerprint density at radius 1 is 0.968 bits per heavy atom. The van der Waals surface area contributed by atoms with Gasteiger partial charge in [-0.2, -0.15) is 0 Å². The molecule has 4 rings (SSSR count). The average Bonchev–Trinajstić information content (AvgIpc) is 3.56. The molecule has 2 heterocycles. The zero-order valence-corrected chi connectivity index (χ0v) is 17.6. The van der Waals surface area contributed by atoms with Gasteiger partial charge in [-0.1, -0.05) is 11.6 Å². The highest BCUT2D eigenvalue weighted by Gasteiger charge is 2.51. The highest BCUT2D eigenvalue weighted by atomic mass is 35.5. The van der Waals surface area contributed by atoms with Crippen LogP contribution in [0.1, 0.15) is 34.7 Å². The third-order valence-electron chi connectivity index (χ3n) is 4.97. The summed E-state index contributed by atoms with van der Waals surface area (Å²) in [5, 5.41) is 9.57. The summed E-state index contributed by atoms with van der Waals surface area (Å²) in [6.45, 7) is 2.01. The number of nitrogens with zero attached hydrogens (tertiary/aromatic N) is 3. The molecule has 1 aromatic carbocycles. The van der Waals surface area contributed by atoms with Crippen LogP contribution < -0.4 is 16.0 Å². The van der Waals surface area contributed by atoms with Gasteiger partial charge >= 0.3 is 0 Å². The molecule has 3 N–H and O–H groups in total. The summed E-state index contributed by atoms with van der Waals surface area (Å²) in [5.74, 6) is -0.000222. The molecule has 1 aliphatic carbocycles. The molecule has 0 atom stereocenters. The Morgan fingerprint density at radius 3 is 2.26 bits per heavy atom. The van der Waals surface area contributed by atoms with Crippen molar-refractivity contribution >= 4 is 34.8 Å². The summed E-state index contributed by atoms with van der Waals surface area (Å²) in [4.78, 5) is 37.5. The Kier molecular flexibility index (Phi) is 5.81. The summed E-state index contributed by atoms with van der Waals surface area (Å²) >= 11 is 5.89. The van der Waals surface area contributed by atoms with Crippen molar-refractivity contribution in [2.45, 2.75) is 31.8 Å². The number of hydrogen-bond acceptors (Lipinski definition) is 6. The lowest BCUT2D eigenvalue weighted by Crippen LogP contribution is -2.48. The lowest BCUT2D eigenvalue weighted by Gasteiger charge is -2.17. The molecule has 1 aliphatic rings. The van der Waals surface area contributed by atoms with Crippen LogP contribution in [0.4, 0.5) is 11.4 Å². The van der Waals surface area contributed by atoms with E-state index in [0.717, 1.165) is 11.4 Å². The molecule has 3 aromatic rings.